The van der Waals surface area contributed by atoms with E-state index in [1.807, 2.05) is 65.6 Å². The Labute approximate surface area is 157 Å². The summed E-state index contributed by atoms with van der Waals surface area (Å²) in [6.07, 6.45) is 1.90. The molecule has 2 aromatic carbocycles. The molecule has 9 heteroatoms. The normalized spacial score (nSPS) is 18.5. The van der Waals surface area contributed by atoms with Crippen molar-refractivity contribution in [2.45, 2.75) is 18.9 Å². The van der Waals surface area contributed by atoms with Crippen molar-refractivity contribution in [3.63, 3.8) is 0 Å². The Morgan fingerprint density at radius 2 is 1.41 bits per heavy atom. The van der Waals surface area contributed by atoms with Crippen molar-refractivity contribution in [2.75, 3.05) is 11.4 Å². The number of carbonyl (C=O) groups excluding carboxylic acids is 1. The van der Waals surface area contributed by atoms with Crippen LogP contribution in [0, 0.1) is 10.2 Å². The molecule has 142 valence electrons. The summed E-state index contributed by atoms with van der Waals surface area (Å²) < 4.78 is 41.7. The summed E-state index contributed by atoms with van der Waals surface area (Å²) >= 11 is 0. The lowest BCUT2D eigenvalue weighted by atomic mass is 10.2. The van der Waals surface area contributed by atoms with Gasteiger partial charge in [-0.05, 0) is 30.7 Å². The van der Waals surface area contributed by atoms with E-state index in [0.29, 0.717) is 6.02 Å². The first-order valence-electron chi connectivity index (χ1n) is 8.22. The van der Waals surface area contributed by atoms with Crippen LogP contribution in [0.25, 0.3) is 0 Å². The lowest BCUT2D eigenvalue weighted by molar-refractivity contribution is -2.00. The Balaban J connectivity index is 0.000000376. The average Bonchev–Trinajstić information content (AvgIpc) is 3.21. The minimum atomic E-state index is -4.94. The molecule has 0 N–H and O–H groups in total. The molecule has 0 radical (unpaired) electrons. The third-order valence-electron chi connectivity index (χ3n) is 4.18. The summed E-state index contributed by atoms with van der Waals surface area (Å²) in [6, 6.07) is 20.5. The van der Waals surface area contributed by atoms with E-state index >= 15 is 0 Å². The lowest BCUT2D eigenvalue weighted by Gasteiger charge is -2.17. The van der Waals surface area contributed by atoms with Gasteiger partial charge < -0.3 is 4.74 Å². The van der Waals surface area contributed by atoms with Gasteiger partial charge in [0.25, 0.3) is 0 Å². The first-order valence-corrected chi connectivity index (χ1v) is 9.45. The molecule has 2 aromatic rings. The quantitative estimate of drug-likeness (QED) is 0.434. The van der Waals surface area contributed by atoms with Crippen LogP contribution in [-0.2, 0) is 9.53 Å². The third-order valence-corrected chi connectivity index (χ3v) is 4.18. The molecule has 1 atom stereocenters. The minimum Gasteiger partial charge on any atom is -0.353 e. The lowest BCUT2D eigenvalue weighted by Crippen LogP contribution is -2.68. The van der Waals surface area contributed by atoms with Crippen molar-refractivity contribution in [3.05, 3.63) is 60.7 Å². The van der Waals surface area contributed by atoms with Crippen molar-refractivity contribution in [1.82, 2.24) is 0 Å². The topological polar surface area (TPSA) is 125 Å². The van der Waals surface area contributed by atoms with Gasteiger partial charge in [-0.2, -0.15) is 4.90 Å². The number of ether oxygens (including phenoxy) is 1. The zero-order valence-corrected chi connectivity index (χ0v) is 14.9. The third kappa shape index (κ3) is 4.82. The Bertz CT molecular complexity index is 777. The fraction of sp³-hybridized carbons (Fsp3) is 0.222. The number of benzene rings is 2. The maximum absolute atomic E-state index is 12.1. The smallest absolute Gasteiger partial charge is 0.353 e. The molecule has 0 saturated carbocycles. The molecule has 0 bridgehead atoms. The Morgan fingerprint density at radius 1 is 0.926 bits per heavy atom. The van der Waals surface area contributed by atoms with E-state index in [9.17, 15) is 4.79 Å². The highest BCUT2D eigenvalue weighted by Crippen LogP contribution is 2.30. The minimum absolute atomic E-state index is 0.120. The molecular formula is C18H17ClN2O6. The highest BCUT2D eigenvalue weighted by molar-refractivity contribution is 6.04. The van der Waals surface area contributed by atoms with Gasteiger partial charge in [0.1, 0.15) is 11.4 Å². The molecule has 0 aromatic heterocycles. The first kappa shape index (κ1) is 19.3. The maximum atomic E-state index is 12.1. The molecule has 4 rings (SSSR count). The van der Waals surface area contributed by atoms with Gasteiger partial charge >= 0.3 is 12.0 Å². The van der Waals surface area contributed by atoms with E-state index in [4.69, 9.17) is 23.4 Å². The second kappa shape index (κ2) is 8.03. The second-order valence-corrected chi connectivity index (χ2v) is 6.70. The van der Waals surface area contributed by atoms with Crippen LogP contribution < -0.4 is 23.5 Å². The van der Waals surface area contributed by atoms with Gasteiger partial charge in [0.2, 0.25) is 0 Å². The highest BCUT2D eigenvalue weighted by atomic mass is 35.7. The van der Waals surface area contributed by atoms with Crippen molar-refractivity contribution in [3.8, 4) is 0 Å². The molecule has 1 saturated heterocycles. The van der Waals surface area contributed by atoms with Crippen LogP contribution in [0.1, 0.15) is 12.8 Å². The number of hydrogen-bond donors (Lipinski definition) is 0. The van der Waals surface area contributed by atoms with E-state index < -0.39 is 10.2 Å². The Morgan fingerprint density at radius 3 is 1.89 bits per heavy atom. The number of fused-ring (bicyclic) bond motifs is 1. The summed E-state index contributed by atoms with van der Waals surface area (Å²) in [5.41, 5.74) is 1.98. The van der Waals surface area contributed by atoms with Crippen LogP contribution >= 0.6 is 0 Å². The van der Waals surface area contributed by atoms with Crippen LogP contribution in [0.15, 0.2) is 60.7 Å². The van der Waals surface area contributed by atoms with Gasteiger partial charge in [-0.3, -0.25) is 0 Å². The van der Waals surface area contributed by atoms with E-state index in [1.165, 1.54) is 0 Å². The summed E-state index contributed by atoms with van der Waals surface area (Å²) in [6.45, 7) is 0.863. The fourth-order valence-corrected chi connectivity index (χ4v) is 3.16. The average molecular weight is 393 g/mol. The molecule has 2 aliphatic rings. The van der Waals surface area contributed by atoms with Gasteiger partial charge in [0.15, 0.2) is 6.04 Å². The number of rotatable bonds is 2. The van der Waals surface area contributed by atoms with Crippen LogP contribution in [0.4, 0.5) is 11.4 Å². The molecule has 27 heavy (non-hydrogen) atoms. The van der Waals surface area contributed by atoms with E-state index in [-0.39, 0.29) is 12.0 Å². The maximum Gasteiger partial charge on any atom is 0.465 e. The van der Waals surface area contributed by atoms with Crippen LogP contribution in [-0.4, -0.2) is 29.2 Å². The Hall–Kier alpha value is -2.49. The molecule has 0 aliphatic carbocycles. The number of carbonyl (C=O) groups is 1. The standard InChI is InChI=1S/C18H17N2O2.ClHO4/c21-17-16-12-7-13-19(16)18(22-17)20(14-8-3-1-4-9-14)15-10-5-2-6-11-15;2-1(3,4)5/h1-6,8-11,16H,7,12-13H2;(H,2,3,4,5)/q+1;/p-1/t16-;/m0./s1. The zero-order chi connectivity index (χ0) is 19.4. The van der Waals surface area contributed by atoms with Gasteiger partial charge in [0, 0.05) is 6.42 Å². The molecule has 2 heterocycles. The fourth-order valence-electron chi connectivity index (χ4n) is 3.16. The van der Waals surface area contributed by atoms with Gasteiger partial charge in [0.05, 0.1) is 6.54 Å². The van der Waals surface area contributed by atoms with Crippen molar-refractivity contribution >= 4 is 23.4 Å². The molecular weight excluding hydrogens is 376 g/mol. The number of cyclic esters (lactones) is 1. The molecule has 0 amide bonds. The summed E-state index contributed by atoms with van der Waals surface area (Å²) in [7, 11) is -4.94. The summed E-state index contributed by atoms with van der Waals surface area (Å²) in [5.74, 6) is -0.135. The largest absolute Gasteiger partial charge is 0.465 e. The molecule has 2 aliphatic heterocycles. The molecule has 0 unspecified atom stereocenters. The van der Waals surface area contributed by atoms with Crippen molar-refractivity contribution in [1.29, 1.82) is 0 Å². The predicted octanol–water partition coefficient (Wildman–Crippen LogP) is -1.84. The number of para-hydroxylation sites is 2. The number of hydrogen-bond acceptors (Lipinski definition) is 7. The van der Waals surface area contributed by atoms with E-state index in [2.05, 4.69) is 4.58 Å². The summed E-state index contributed by atoms with van der Waals surface area (Å²) in [5, 5.41) is 0. The number of nitrogens with zero attached hydrogens (tertiary/aromatic N) is 2. The first-order chi connectivity index (χ1) is 12.8. The van der Waals surface area contributed by atoms with Crippen molar-refractivity contribution < 1.29 is 43.0 Å². The van der Waals surface area contributed by atoms with E-state index in [0.717, 1.165) is 30.8 Å². The van der Waals surface area contributed by atoms with Crippen LogP contribution in [0.3, 0.4) is 0 Å². The molecule has 8 nitrogen and oxygen atoms in total. The SMILES string of the molecule is O=C1OC(N(c2ccccc2)c2ccccc2)=[N+]2CCC[C@@H]12.[O-][Cl+3]([O-])([O-])[O-]. The van der Waals surface area contributed by atoms with Gasteiger partial charge in [-0.1, -0.05) is 36.4 Å². The summed E-state index contributed by atoms with van der Waals surface area (Å²) in [4.78, 5) is 14.1. The predicted molar refractivity (Wildman–Crippen MR) is 84.3 cm³/mol. The number of halogens is 1. The van der Waals surface area contributed by atoms with Gasteiger partial charge in [-0.25, -0.2) is 28.0 Å². The van der Waals surface area contributed by atoms with Crippen LogP contribution in [0.5, 0.6) is 0 Å². The molecule has 0 spiro atoms. The van der Waals surface area contributed by atoms with Crippen LogP contribution in [0.2, 0.25) is 0 Å². The molecule has 1 fully saturated rings. The van der Waals surface area contributed by atoms with Gasteiger partial charge in [-0.15, -0.1) is 10.2 Å². The van der Waals surface area contributed by atoms with E-state index in [1.54, 1.807) is 0 Å². The number of amidine groups is 1. The number of esters is 1. The Kier molecular flexibility index (Phi) is 5.73. The second-order valence-electron chi connectivity index (χ2n) is 5.94. The monoisotopic (exact) mass is 392 g/mol. The zero-order valence-electron chi connectivity index (χ0n) is 14.2. The highest BCUT2D eigenvalue weighted by Gasteiger charge is 2.47. The number of anilines is 2. The van der Waals surface area contributed by atoms with Crippen molar-refractivity contribution in [2.24, 2.45) is 0 Å².